The van der Waals surface area contributed by atoms with E-state index in [4.69, 9.17) is 43.7 Å². The third-order valence-corrected chi connectivity index (χ3v) is 10.2. The molecule has 22 heteroatoms. The lowest BCUT2D eigenvalue weighted by molar-refractivity contribution is 0.441. The molecule has 0 amide bonds. The van der Waals surface area contributed by atoms with Crippen molar-refractivity contribution in [2.24, 2.45) is 0 Å². The molecule has 0 fully saturated rings. The van der Waals surface area contributed by atoms with Gasteiger partial charge in [-0.2, -0.15) is 14.6 Å². The predicted molar refractivity (Wildman–Crippen MR) is 213 cm³/mol. The van der Waals surface area contributed by atoms with E-state index >= 15 is 0 Å². The number of rotatable bonds is 8. The first kappa shape index (κ1) is 40.1. The number of halogens is 2. The minimum Gasteiger partial charge on any atom is -0.436 e. The fourth-order valence-corrected chi connectivity index (χ4v) is 6.95. The van der Waals surface area contributed by atoms with Gasteiger partial charge in [0, 0.05) is 34.4 Å². The predicted octanol–water partition coefficient (Wildman–Crippen LogP) is 2.80. The molecule has 0 radical (unpaired) electrons. The molecule has 0 spiro atoms. The molecule has 20 nitrogen and oxygen atoms in total. The van der Waals surface area contributed by atoms with Crippen LogP contribution in [0, 0.1) is 11.3 Å². The first-order valence-electron chi connectivity index (χ1n) is 17.9. The Labute approximate surface area is 340 Å². The van der Waals surface area contributed by atoms with Crippen LogP contribution in [-0.2, 0) is 25.7 Å². The standard InChI is InChI=1S/C19H15ClN6O4.C18H17ClN6O4/c1-8(2)11-5-15(23-24-17(11)27)30-16-10-4-3-9(10)14(6-12(16)20)26-19(29)22-18(28)13(7-21)25-26;1-7(2)10-5-13(22-23-16(10)26)29-14-9-4-3-8(9)12(6-11(14)19)25-18(28)21-17(27)15(20)24-25/h5-6,8H,3-4H2,1-2H3,(H,24,27)(H,22,28,29);5-7H,3-4H2,1-2H3,(H2,20,24)(H,23,26)(H,21,27,28). The molecular weight excluding hydrogens is 811 g/mol. The second-order valence-corrected chi connectivity index (χ2v) is 14.8. The summed E-state index contributed by atoms with van der Waals surface area (Å²) in [5, 5.41) is 29.8. The fraction of sp³-hybridized carbons (Fsp3) is 0.270. The molecule has 2 aromatic carbocycles. The van der Waals surface area contributed by atoms with Crippen LogP contribution in [0.3, 0.4) is 0 Å². The molecule has 2 aliphatic carbocycles. The van der Waals surface area contributed by atoms with Gasteiger partial charge in [0.1, 0.15) is 6.07 Å². The van der Waals surface area contributed by atoms with Gasteiger partial charge < -0.3 is 15.2 Å². The van der Waals surface area contributed by atoms with E-state index in [-0.39, 0.29) is 50.6 Å². The highest BCUT2D eigenvalue weighted by molar-refractivity contribution is 6.33. The van der Waals surface area contributed by atoms with Gasteiger partial charge >= 0.3 is 11.4 Å². The fourth-order valence-electron chi connectivity index (χ4n) is 6.44. The van der Waals surface area contributed by atoms with E-state index in [1.165, 1.54) is 12.1 Å². The second kappa shape index (κ2) is 15.7. The first-order chi connectivity index (χ1) is 28.1. The molecule has 0 saturated heterocycles. The van der Waals surface area contributed by atoms with Crippen LogP contribution >= 0.6 is 23.2 Å². The summed E-state index contributed by atoms with van der Waals surface area (Å²) < 4.78 is 13.7. The number of ether oxygens (including phenoxy) is 2. The number of aromatic amines is 4. The number of aromatic nitrogens is 10. The van der Waals surface area contributed by atoms with Gasteiger partial charge in [0.25, 0.3) is 22.2 Å². The molecule has 0 atom stereocenters. The van der Waals surface area contributed by atoms with Crippen molar-refractivity contribution < 1.29 is 9.47 Å². The second-order valence-electron chi connectivity index (χ2n) is 14.0. The summed E-state index contributed by atoms with van der Waals surface area (Å²) in [4.78, 5) is 75.4. The van der Waals surface area contributed by atoms with E-state index in [9.17, 15) is 28.8 Å². The number of hydrogen-bond donors (Lipinski definition) is 5. The number of nitrogens with two attached hydrogens (primary N) is 1. The Balaban J connectivity index is 0.000000179. The van der Waals surface area contributed by atoms with E-state index in [2.05, 4.69) is 40.6 Å². The molecule has 4 heterocycles. The molecule has 4 aromatic heterocycles. The number of hydrogen-bond acceptors (Lipinski definition) is 14. The Kier molecular flexibility index (Phi) is 10.7. The van der Waals surface area contributed by atoms with E-state index in [1.807, 2.05) is 27.7 Å². The number of H-pyrrole nitrogens is 4. The Morgan fingerprint density at radius 2 is 1.08 bits per heavy atom. The van der Waals surface area contributed by atoms with Crippen molar-refractivity contribution >= 4 is 29.0 Å². The number of fused-ring (bicyclic) bond motifs is 2. The van der Waals surface area contributed by atoms with E-state index in [1.54, 1.807) is 18.2 Å². The van der Waals surface area contributed by atoms with Gasteiger partial charge in [-0.1, -0.05) is 50.9 Å². The monoisotopic (exact) mass is 842 g/mol. The number of nitrogens with one attached hydrogen (secondary N) is 4. The minimum absolute atomic E-state index is 0.00599. The van der Waals surface area contributed by atoms with Crippen molar-refractivity contribution in [3.63, 3.8) is 0 Å². The van der Waals surface area contributed by atoms with Crippen molar-refractivity contribution in [2.45, 2.75) is 65.2 Å². The van der Waals surface area contributed by atoms with Gasteiger partial charge in [-0.05, 0) is 60.8 Å². The third kappa shape index (κ3) is 7.55. The van der Waals surface area contributed by atoms with E-state index < -0.39 is 28.2 Å². The van der Waals surface area contributed by atoms with Crippen LogP contribution in [0.2, 0.25) is 10.0 Å². The summed E-state index contributed by atoms with van der Waals surface area (Å²) in [7, 11) is 0. The number of nitrogens with zero attached hydrogens (tertiary/aromatic N) is 7. The number of nitrogen functional groups attached to an aromatic ring is 1. The van der Waals surface area contributed by atoms with E-state index in [0.717, 1.165) is 31.6 Å². The van der Waals surface area contributed by atoms with Gasteiger partial charge in [-0.15, -0.1) is 20.4 Å². The molecule has 6 N–H and O–H groups in total. The molecule has 8 rings (SSSR count). The van der Waals surface area contributed by atoms with Crippen molar-refractivity contribution in [3.8, 4) is 40.7 Å². The highest BCUT2D eigenvalue weighted by Gasteiger charge is 2.29. The topological polar surface area (TPSA) is 295 Å². The summed E-state index contributed by atoms with van der Waals surface area (Å²) in [5.41, 5.74) is 6.43. The van der Waals surface area contributed by atoms with Crippen molar-refractivity contribution in [1.29, 1.82) is 5.26 Å². The number of benzene rings is 2. The molecule has 2 aliphatic rings. The van der Waals surface area contributed by atoms with E-state index in [0.29, 0.717) is 59.7 Å². The maximum atomic E-state index is 12.2. The van der Waals surface area contributed by atoms with Crippen LogP contribution in [0.4, 0.5) is 5.82 Å². The summed E-state index contributed by atoms with van der Waals surface area (Å²) in [6.45, 7) is 7.55. The van der Waals surface area contributed by atoms with Crippen LogP contribution in [0.15, 0.2) is 53.0 Å². The summed E-state index contributed by atoms with van der Waals surface area (Å²) in [6, 6.07) is 7.80. The average molecular weight is 844 g/mol. The van der Waals surface area contributed by atoms with Crippen LogP contribution in [0.25, 0.3) is 11.4 Å². The van der Waals surface area contributed by atoms with Crippen molar-refractivity contribution in [3.05, 3.63) is 136 Å². The highest BCUT2D eigenvalue weighted by atomic mass is 35.5. The maximum Gasteiger partial charge on any atom is 0.349 e. The van der Waals surface area contributed by atoms with Gasteiger partial charge in [-0.25, -0.2) is 19.8 Å². The molecule has 6 aromatic rings. The van der Waals surface area contributed by atoms with Crippen LogP contribution < -0.4 is 48.8 Å². The van der Waals surface area contributed by atoms with Gasteiger partial charge in [0.2, 0.25) is 23.3 Å². The molecule has 0 saturated carbocycles. The van der Waals surface area contributed by atoms with Crippen LogP contribution in [-0.4, -0.2) is 49.9 Å². The summed E-state index contributed by atoms with van der Waals surface area (Å²) in [6.07, 6.45) is 2.61. The zero-order valence-corrected chi connectivity index (χ0v) is 33.0. The van der Waals surface area contributed by atoms with Crippen molar-refractivity contribution in [2.75, 3.05) is 5.73 Å². The Hall–Kier alpha value is -7.11. The molecule has 0 bridgehead atoms. The number of anilines is 1. The Morgan fingerprint density at radius 3 is 1.49 bits per heavy atom. The third-order valence-electron chi connectivity index (χ3n) is 9.62. The SMILES string of the molecule is CC(C)c1cc(Oc2c(Cl)cc(-n3nc(C#N)c(=O)[nH]c3=O)c3c2CC3)n[nH]c1=O.CC(C)c1cc(Oc2c(Cl)cc(-n3nc(N)c(=O)[nH]c3=O)c3c2CC3)n[nH]c1=O. The molecule has 302 valence electrons. The molecule has 0 aliphatic heterocycles. The molecule has 59 heavy (non-hydrogen) atoms. The Bertz CT molecular complexity index is 3120. The average Bonchev–Trinajstić information content (AvgIpc) is 3.15. The van der Waals surface area contributed by atoms with Crippen LogP contribution in [0.1, 0.15) is 78.6 Å². The minimum atomic E-state index is -0.853. The van der Waals surface area contributed by atoms with Crippen LogP contribution in [0.5, 0.6) is 23.3 Å². The Morgan fingerprint density at radius 1 is 0.661 bits per heavy atom. The van der Waals surface area contributed by atoms with Gasteiger partial charge in [0.05, 0.1) is 21.4 Å². The molecular formula is C37H32Cl2N12O8. The zero-order chi connectivity index (χ0) is 42.4. The first-order valence-corrected chi connectivity index (χ1v) is 18.7. The summed E-state index contributed by atoms with van der Waals surface area (Å²) in [5.74, 6) is 0.813. The number of nitriles is 1. The molecule has 0 unspecified atom stereocenters. The lowest BCUT2D eigenvalue weighted by Gasteiger charge is -2.26. The van der Waals surface area contributed by atoms with Gasteiger partial charge in [-0.3, -0.25) is 29.1 Å². The smallest absolute Gasteiger partial charge is 0.349 e. The van der Waals surface area contributed by atoms with Crippen molar-refractivity contribution in [1.82, 2.24) is 49.9 Å². The normalized spacial score (nSPS) is 12.4. The quantitative estimate of drug-likeness (QED) is 0.147. The zero-order valence-electron chi connectivity index (χ0n) is 31.5. The largest absolute Gasteiger partial charge is 0.436 e. The lowest BCUT2D eigenvalue weighted by atomic mass is 9.86. The highest BCUT2D eigenvalue weighted by Crippen LogP contribution is 2.44. The maximum absolute atomic E-state index is 12.2. The summed E-state index contributed by atoms with van der Waals surface area (Å²) >= 11 is 12.9. The lowest BCUT2D eigenvalue weighted by Crippen LogP contribution is -2.34. The van der Waals surface area contributed by atoms with Gasteiger partial charge in [0.15, 0.2) is 11.5 Å².